The number of aryl methyl sites for hydroxylation is 2. The summed E-state index contributed by atoms with van der Waals surface area (Å²) in [6.45, 7) is 4.12. The maximum absolute atomic E-state index is 13.1. The molecule has 1 aromatic heterocycles. The summed E-state index contributed by atoms with van der Waals surface area (Å²) >= 11 is 4.32. The molecule has 10 heteroatoms. The van der Waals surface area contributed by atoms with Crippen LogP contribution >= 0.6 is 11.6 Å². The van der Waals surface area contributed by atoms with Gasteiger partial charge in [0.25, 0.3) is 5.95 Å². The van der Waals surface area contributed by atoms with Crippen LogP contribution in [0.1, 0.15) is 33.2 Å². The summed E-state index contributed by atoms with van der Waals surface area (Å²) in [4.78, 5) is 20.6. The van der Waals surface area contributed by atoms with Crippen LogP contribution in [-0.2, 0) is 11.4 Å². The summed E-state index contributed by atoms with van der Waals surface area (Å²) in [7, 11) is 0. The average Bonchev–Trinajstić information content (AvgIpc) is 2.87. The minimum Gasteiger partial charge on any atom is -0.588 e. The third kappa shape index (κ3) is 6.39. The van der Waals surface area contributed by atoms with E-state index < -0.39 is 23.4 Å². The van der Waals surface area contributed by atoms with Crippen molar-refractivity contribution in [1.82, 2.24) is 9.97 Å². The lowest BCUT2D eigenvalue weighted by atomic mass is 10.00. The quantitative estimate of drug-likeness (QED) is 0.244. The number of carboxylic acids is 1. The number of anilines is 1. The Labute approximate surface area is 222 Å². The van der Waals surface area contributed by atoms with Crippen molar-refractivity contribution in [3.8, 4) is 17.1 Å². The van der Waals surface area contributed by atoms with Gasteiger partial charge in [0.1, 0.15) is 17.5 Å². The number of hydrogen-bond acceptors (Lipinski definition) is 7. The van der Waals surface area contributed by atoms with E-state index in [0.717, 1.165) is 22.3 Å². The van der Waals surface area contributed by atoms with Gasteiger partial charge in [-0.3, -0.25) is 0 Å². The Morgan fingerprint density at radius 2 is 1.78 bits per heavy atom. The molecule has 4 N–H and O–H groups in total. The molecule has 0 saturated heterocycles. The lowest BCUT2D eigenvalue weighted by Crippen LogP contribution is -2.20. The molecule has 0 bridgehead atoms. The minimum absolute atomic E-state index is 0.0224. The molecular formula is C27H25ClN4O4S. The van der Waals surface area contributed by atoms with Crippen LogP contribution in [-0.4, -0.2) is 32.1 Å². The van der Waals surface area contributed by atoms with E-state index in [0.29, 0.717) is 10.7 Å². The lowest BCUT2D eigenvalue weighted by Gasteiger charge is -2.19. The zero-order chi connectivity index (χ0) is 26.5. The third-order valence-corrected chi connectivity index (χ3v) is 6.90. The van der Waals surface area contributed by atoms with Crippen LogP contribution in [0.5, 0.6) is 5.88 Å². The van der Waals surface area contributed by atoms with E-state index in [2.05, 4.69) is 14.7 Å². The number of nitrogens with zero attached hydrogens (tertiary/aromatic N) is 2. The highest BCUT2D eigenvalue weighted by Gasteiger charge is 2.20. The number of hydrogen-bond donors (Lipinski definition) is 3. The number of nitrogens with one attached hydrogen (secondary N) is 1. The fourth-order valence-corrected chi connectivity index (χ4v) is 4.88. The molecule has 0 aliphatic heterocycles. The molecule has 0 fully saturated rings. The third-order valence-electron chi connectivity index (χ3n) is 5.62. The zero-order valence-corrected chi connectivity index (χ0v) is 21.7. The van der Waals surface area contributed by atoms with Gasteiger partial charge in [-0.1, -0.05) is 48.0 Å². The number of nitrogens with two attached hydrogens (primary N) is 1. The fourth-order valence-electron chi connectivity index (χ4n) is 3.87. The van der Waals surface area contributed by atoms with Crippen molar-refractivity contribution in [2.75, 3.05) is 11.3 Å². The number of rotatable bonds is 9. The van der Waals surface area contributed by atoms with Gasteiger partial charge in [0.05, 0.1) is 11.3 Å². The summed E-state index contributed by atoms with van der Waals surface area (Å²) in [5.74, 6) is -0.838. The fraction of sp³-hybridized carbons (Fsp3) is 0.148. The molecule has 1 heterocycles. The second-order valence-electron chi connectivity index (χ2n) is 8.28. The first-order valence-corrected chi connectivity index (χ1v) is 12.9. The zero-order valence-electron chi connectivity index (χ0n) is 20.1. The number of ether oxygens (including phenoxy) is 1. The number of aromatic nitrogens is 2. The molecule has 0 aliphatic carbocycles. The van der Waals surface area contributed by atoms with E-state index in [1.165, 1.54) is 18.2 Å². The number of carboxylic acid groups (broad SMARTS) is 1. The largest absolute Gasteiger partial charge is 0.588 e. The van der Waals surface area contributed by atoms with Crippen LogP contribution in [0.3, 0.4) is 0 Å². The molecule has 0 amide bonds. The summed E-state index contributed by atoms with van der Waals surface area (Å²) in [5, 5.41) is 9.83. The van der Waals surface area contributed by atoms with Gasteiger partial charge in [-0.15, -0.1) is 0 Å². The summed E-state index contributed by atoms with van der Waals surface area (Å²) < 4.78 is 22.0. The lowest BCUT2D eigenvalue weighted by molar-refractivity contribution is 0.0696. The molecule has 2 atom stereocenters. The first-order chi connectivity index (χ1) is 17.7. The molecule has 4 aromatic rings. The highest BCUT2D eigenvalue weighted by Crippen LogP contribution is 2.31. The topological polar surface area (TPSA) is 133 Å². The molecule has 4 rings (SSSR count). The second-order valence-corrected chi connectivity index (χ2v) is 9.93. The summed E-state index contributed by atoms with van der Waals surface area (Å²) in [5.41, 5.74) is 10.3. The van der Waals surface area contributed by atoms with Gasteiger partial charge < -0.3 is 20.1 Å². The van der Waals surface area contributed by atoms with Crippen LogP contribution in [0.15, 0.2) is 77.7 Å². The molecule has 0 spiro atoms. The molecule has 0 radical (unpaired) electrons. The van der Waals surface area contributed by atoms with E-state index >= 15 is 0 Å². The normalized spacial score (nSPS) is 12.6. The molecule has 190 valence electrons. The van der Waals surface area contributed by atoms with Crippen LogP contribution < -0.4 is 15.2 Å². The number of halogens is 1. The van der Waals surface area contributed by atoms with Crippen molar-refractivity contribution in [2.24, 2.45) is 5.73 Å². The maximum Gasteiger partial charge on any atom is 0.335 e. The average molecular weight is 537 g/mol. The molecule has 37 heavy (non-hydrogen) atoms. The van der Waals surface area contributed by atoms with Crippen molar-refractivity contribution >= 4 is 34.9 Å². The molecule has 2 unspecified atom stereocenters. The van der Waals surface area contributed by atoms with E-state index in [9.17, 15) is 14.5 Å². The monoisotopic (exact) mass is 536 g/mol. The second kappa shape index (κ2) is 11.6. The van der Waals surface area contributed by atoms with Gasteiger partial charge >= 0.3 is 5.97 Å². The highest BCUT2D eigenvalue weighted by molar-refractivity contribution is 7.92. The van der Waals surface area contributed by atoms with Gasteiger partial charge in [-0.25, -0.2) is 9.78 Å². The first-order valence-electron chi connectivity index (χ1n) is 11.3. The molecule has 0 aliphatic rings. The predicted molar refractivity (Wildman–Crippen MR) is 144 cm³/mol. The van der Waals surface area contributed by atoms with Crippen molar-refractivity contribution < 1.29 is 19.2 Å². The Bertz CT molecular complexity index is 1420. The molecular weight excluding hydrogens is 512 g/mol. The van der Waals surface area contributed by atoms with Gasteiger partial charge in [-0.2, -0.15) is 9.71 Å². The Morgan fingerprint density at radius 1 is 1.08 bits per heavy atom. The summed E-state index contributed by atoms with van der Waals surface area (Å²) in [6.07, 6.45) is -0.537. The Kier molecular flexibility index (Phi) is 8.30. The molecule has 0 saturated carbocycles. The van der Waals surface area contributed by atoms with E-state index in [1.807, 2.05) is 44.2 Å². The van der Waals surface area contributed by atoms with Crippen LogP contribution in [0.2, 0.25) is 5.02 Å². The van der Waals surface area contributed by atoms with Crippen LogP contribution in [0, 0.1) is 13.8 Å². The van der Waals surface area contributed by atoms with E-state index in [-0.39, 0.29) is 28.8 Å². The summed E-state index contributed by atoms with van der Waals surface area (Å²) in [6, 6.07) is 20.7. The van der Waals surface area contributed by atoms with E-state index in [4.69, 9.17) is 22.1 Å². The smallest absolute Gasteiger partial charge is 0.335 e. The Balaban J connectivity index is 1.73. The number of aromatic carboxylic acids is 1. The minimum atomic E-state index is -1.83. The SMILES string of the molecule is Cc1cccc(C)c1-c1cc(OC(CN)c2cccc(Cl)c2)nc(N[S+]([O-])c2cccc(C(=O)O)c2)n1. The van der Waals surface area contributed by atoms with Crippen molar-refractivity contribution in [3.63, 3.8) is 0 Å². The standard InChI is InChI=1S/C27H25ClN4O4S/c1-16-6-3-7-17(2)25(16)22-14-24(36-23(15-29)18-8-4-10-20(28)12-18)31-27(30-22)32-37(35)21-11-5-9-19(13-21)26(33)34/h3-14,23H,15,29H2,1-2H3,(H,33,34)(H,30,31,32). The Hall–Kier alpha value is -3.63. The van der Waals surface area contributed by atoms with Crippen molar-refractivity contribution in [3.05, 3.63) is 100 Å². The van der Waals surface area contributed by atoms with Crippen molar-refractivity contribution in [2.45, 2.75) is 24.8 Å². The van der Waals surface area contributed by atoms with Gasteiger partial charge in [0.15, 0.2) is 4.90 Å². The van der Waals surface area contributed by atoms with Gasteiger partial charge in [0, 0.05) is 29.3 Å². The maximum atomic E-state index is 13.1. The number of benzene rings is 3. The first kappa shape index (κ1) is 26.4. The van der Waals surface area contributed by atoms with Gasteiger partial charge in [0.2, 0.25) is 5.88 Å². The molecule has 8 nitrogen and oxygen atoms in total. The molecule has 3 aromatic carbocycles. The Morgan fingerprint density at radius 3 is 2.46 bits per heavy atom. The predicted octanol–water partition coefficient (Wildman–Crippen LogP) is 5.33. The highest BCUT2D eigenvalue weighted by atomic mass is 35.5. The van der Waals surface area contributed by atoms with Gasteiger partial charge in [-0.05, 0) is 54.8 Å². The van der Waals surface area contributed by atoms with Crippen LogP contribution in [0.25, 0.3) is 11.3 Å². The van der Waals surface area contributed by atoms with Crippen molar-refractivity contribution in [1.29, 1.82) is 0 Å². The van der Waals surface area contributed by atoms with E-state index in [1.54, 1.807) is 24.3 Å². The van der Waals surface area contributed by atoms with Crippen LogP contribution in [0.4, 0.5) is 5.95 Å². The number of carbonyl (C=O) groups is 1.